The summed E-state index contributed by atoms with van der Waals surface area (Å²) in [6.07, 6.45) is 0. The Balaban J connectivity index is 2.41. The molecule has 0 saturated heterocycles. The summed E-state index contributed by atoms with van der Waals surface area (Å²) >= 11 is 7.03. The van der Waals surface area contributed by atoms with E-state index in [0.29, 0.717) is 0 Å². The number of aryl methyl sites for hydroxylation is 1. The van der Waals surface area contributed by atoms with Gasteiger partial charge in [-0.1, -0.05) is 6.07 Å². The van der Waals surface area contributed by atoms with Crippen molar-refractivity contribution in [1.82, 2.24) is 9.55 Å². The number of fused-ring (bicyclic) bond motifs is 1. The predicted molar refractivity (Wildman–Crippen MR) is 71.1 cm³/mol. The van der Waals surface area contributed by atoms with Gasteiger partial charge in [0.05, 0.1) is 16.7 Å². The standard InChI is InChI=1S/C12H10N2S2/c1-8-2-3-11-10(6-8)13-12(15)14(11)9-4-5-16-7-9/h2-7H,1H3,(H,13,15). The Labute approximate surface area is 102 Å². The van der Waals surface area contributed by atoms with Crippen LogP contribution in [-0.4, -0.2) is 9.55 Å². The molecule has 0 radical (unpaired) electrons. The van der Waals surface area contributed by atoms with E-state index < -0.39 is 0 Å². The lowest BCUT2D eigenvalue weighted by Gasteiger charge is -2.00. The smallest absolute Gasteiger partial charge is 0.182 e. The first-order valence-electron chi connectivity index (χ1n) is 5.00. The molecule has 0 aliphatic rings. The van der Waals surface area contributed by atoms with Crippen molar-refractivity contribution < 1.29 is 0 Å². The van der Waals surface area contributed by atoms with Crippen LogP contribution in [-0.2, 0) is 0 Å². The molecule has 0 atom stereocenters. The number of benzene rings is 1. The molecule has 0 amide bonds. The van der Waals surface area contributed by atoms with Gasteiger partial charge in [-0.2, -0.15) is 11.3 Å². The maximum Gasteiger partial charge on any atom is 0.182 e. The number of nitrogens with one attached hydrogen (secondary N) is 1. The Morgan fingerprint density at radius 2 is 2.19 bits per heavy atom. The number of aromatic nitrogens is 2. The summed E-state index contributed by atoms with van der Waals surface area (Å²) in [5.41, 5.74) is 4.59. The molecular formula is C12H10N2S2. The van der Waals surface area contributed by atoms with Crippen molar-refractivity contribution in [2.45, 2.75) is 6.92 Å². The molecule has 0 saturated carbocycles. The van der Waals surface area contributed by atoms with Crippen molar-refractivity contribution in [3.63, 3.8) is 0 Å². The van der Waals surface area contributed by atoms with Gasteiger partial charge in [0, 0.05) is 5.38 Å². The van der Waals surface area contributed by atoms with E-state index in [1.165, 1.54) is 5.56 Å². The van der Waals surface area contributed by atoms with Gasteiger partial charge in [-0.15, -0.1) is 0 Å². The molecule has 0 spiro atoms. The molecule has 0 fully saturated rings. The highest BCUT2D eigenvalue weighted by Crippen LogP contribution is 2.21. The Kier molecular flexibility index (Phi) is 2.19. The zero-order valence-electron chi connectivity index (χ0n) is 8.73. The molecule has 0 aliphatic carbocycles. The second-order valence-corrected chi connectivity index (χ2v) is 4.93. The quantitative estimate of drug-likeness (QED) is 0.642. The summed E-state index contributed by atoms with van der Waals surface area (Å²) < 4.78 is 2.82. The lowest BCUT2D eigenvalue weighted by molar-refractivity contribution is 1.07. The van der Waals surface area contributed by atoms with Crippen LogP contribution in [0.25, 0.3) is 16.7 Å². The summed E-state index contributed by atoms with van der Waals surface area (Å²) in [7, 11) is 0. The first kappa shape index (κ1) is 9.81. The zero-order valence-corrected chi connectivity index (χ0v) is 10.4. The van der Waals surface area contributed by atoms with E-state index in [9.17, 15) is 0 Å². The van der Waals surface area contributed by atoms with Crippen LogP contribution < -0.4 is 0 Å². The summed E-state index contributed by atoms with van der Waals surface area (Å²) in [4.78, 5) is 3.24. The Morgan fingerprint density at radius 3 is 2.94 bits per heavy atom. The highest BCUT2D eigenvalue weighted by atomic mass is 32.1. The van der Waals surface area contributed by atoms with E-state index >= 15 is 0 Å². The summed E-state index contributed by atoms with van der Waals surface area (Å²) in [5.74, 6) is 0. The molecule has 2 aromatic heterocycles. The van der Waals surface area contributed by atoms with Crippen LogP contribution in [0, 0.1) is 11.7 Å². The Hall–Kier alpha value is -1.39. The summed E-state index contributed by atoms with van der Waals surface area (Å²) in [5, 5.41) is 4.16. The van der Waals surface area contributed by atoms with Crippen molar-refractivity contribution in [2.75, 3.05) is 0 Å². The van der Waals surface area contributed by atoms with Gasteiger partial charge in [0.2, 0.25) is 0 Å². The summed E-state index contributed by atoms with van der Waals surface area (Å²) in [6, 6.07) is 8.41. The topological polar surface area (TPSA) is 20.7 Å². The zero-order chi connectivity index (χ0) is 11.1. The average molecular weight is 246 g/mol. The van der Waals surface area contributed by atoms with Gasteiger partial charge >= 0.3 is 0 Å². The van der Waals surface area contributed by atoms with Crippen molar-refractivity contribution >= 4 is 34.6 Å². The predicted octanol–water partition coefficient (Wildman–Crippen LogP) is 4.06. The minimum absolute atomic E-state index is 0.749. The van der Waals surface area contributed by atoms with Crippen molar-refractivity contribution in [2.24, 2.45) is 0 Å². The average Bonchev–Trinajstić information content (AvgIpc) is 2.83. The third-order valence-electron chi connectivity index (χ3n) is 2.60. The largest absolute Gasteiger partial charge is 0.330 e. The SMILES string of the molecule is Cc1ccc2c(c1)[nH]c(=S)n2-c1ccsc1. The third-order valence-corrected chi connectivity index (χ3v) is 3.56. The normalized spacial score (nSPS) is 11.1. The van der Waals surface area contributed by atoms with Gasteiger partial charge in [0.15, 0.2) is 4.77 Å². The van der Waals surface area contributed by atoms with E-state index in [4.69, 9.17) is 12.2 Å². The van der Waals surface area contributed by atoms with Crippen LogP contribution in [0.1, 0.15) is 5.56 Å². The lowest BCUT2D eigenvalue weighted by Crippen LogP contribution is -1.90. The van der Waals surface area contributed by atoms with E-state index in [1.54, 1.807) is 11.3 Å². The Morgan fingerprint density at radius 1 is 1.31 bits per heavy atom. The number of rotatable bonds is 1. The molecule has 3 aromatic rings. The van der Waals surface area contributed by atoms with Gasteiger partial charge < -0.3 is 4.98 Å². The van der Waals surface area contributed by atoms with Gasteiger partial charge in [0.25, 0.3) is 0 Å². The molecule has 0 aliphatic heterocycles. The third kappa shape index (κ3) is 1.42. The molecule has 1 aromatic carbocycles. The van der Waals surface area contributed by atoms with Gasteiger partial charge in [-0.05, 0) is 48.3 Å². The monoisotopic (exact) mass is 246 g/mol. The number of H-pyrrole nitrogens is 1. The molecule has 2 heterocycles. The highest BCUT2D eigenvalue weighted by Gasteiger charge is 2.06. The van der Waals surface area contributed by atoms with Crippen LogP contribution in [0.2, 0.25) is 0 Å². The second kappa shape index (κ2) is 3.57. The van der Waals surface area contributed by atoms with Crippen molar-refractivity contribution in [1.29, 1.82) is 0 Å². The maximum absolute atomic E-state index is 5.36. The number of hydrogen-bond acceptors (Lipinski definition) is 2. The Bertz CT molecular complexity index is 689. The molecule has 3 rings (SSSR count). The van der Waals surface area contributed by atoms with Gasteiger partial charge in [-0.3, -0.25) is 4.57 Å². The molecular weight excluding hydrogens is 236 g/mol. The van der Waals surface area contributed by atoms with Crippen LogP contribution in [0.4, 0.5) is 0 Å². The van der Waals surface area contributed by atoms with Crippen LogP contribution in [0.15, 0.2) is 35.0 Å². The summed E-state index contributed by atoms with van der Waals surface area (Å²) in [6.45, 7) is 2.08. The number of thiophene rings is 1. The van der Waals surface area contributed by atoms with Crippen molar-refractivity contribution in [3.05, 3.63) is 45.4 Å². The highest BCUT2D eigenvalue weighted by molar-refractivity contribution is 7.71. The molecule has 0 bridgehead atoms. The van der Waals surface area contributed by atoms with Crippen molar-refractivity contribution in [3.8, 4) is 5.69 Å². The lowest BCUT2D eigenvalue weighted by atomic mass is 10.2. The second-order valence-electron chi connectivity index (χ2n) is 3.77. The minimum Gasteiger partial charge on any atom is -0.330 e. The fourth-order valence-electron chi connectivity index (χ4n) is 1.87. The molecule has 4 heteroatoms. The first-order chi connectivity index (χ1) is 7.75. The number of hydrogen-bond donors (Lipinski definition) is 1. The molecule has 16 heavy (non-hydrogen) atoms. The van der Waals surface area contributed by atoms with Crippen LogP contribution in [0.5, 0.6) is 0 Å². The minimum atomic E-state index is 0.749. The van der Waals surface area contributed by atoms with E-state index in [2.05, 4.69) is 51.5 Å². The van der Waals surface area contributed by atoms with Gasteiger partial charge in [0.1, 0.15) is 0 Å². The molecule has 1 N–H and O–H groups in total. The number of aromatic amines is 1. The first-order valence-corrected chi connectivity index (χ1v) is 6.35. The van der Waals surface area contributed by atoms with E-state index in [0.717, 1.165) is 21.5 Å². The van der Waals surface area contributed by atoms with E-state index in [-0.39, 0.29) is 0 Å². The molecule has 2 nitrogen and oxygen atoms in total. The van der Waals surface area contributed by atoms with Gasteiger partial charge in [-0.25, -0.2) is 0 Å². The molecule has 0 unspecified atom stereocenters. The fraction of sp³-hybridized carbons (Fsp3) is 0.0833. The van der Waals surface area contributed by atoms with Crippen LogP contribution in [0.3, 0.4) is 0 Å². The van der Waals surface area contributed by atoms with Crippen LogP contribution >= 0.6 is 23.6 Å². The molecule has 80 valence electrons. The number of nitrogens with zero attached hydrogens (tertiary/aromatic N) is 1. The number of imidazole rings is 1. The maximum atomic E-state index is 5.36. The fourth-order valence-corrected chi connectivity index (χ4v) is 2.80. The van der Waals surface area contributed by atoms with E-state index in [1.807, 2.05) is 0 Å².